The lowest BCUT2D eigenvalue weighted by atomic mass is 10.5. The van der Waals surface area contributed by atoms with E-state index in [1.807, 2.05) is 34.6 Å². The van der Waals surface area contributed by atoms with Gasteiger partial charge in [-0.15, -0.1) is 12.3 Å². The summed E-state index contributed by atoms with van der Waals surface area (Å²) in [7, 11) is 0. The van der Waals surface area contributed by atoms with Crippen LogP contribution >= 0.6 is 0 Å². The molecule has 0 aromatic rings. The summed E-state index contributed by atoms with van der Waals surface area (Å²) in [6, 6.07) is 0. The van der Waals surface area contributed by atoms with Crippen LogP contribution in [-0.4, -0.2) is 25.4 Å². The fourth-order valence-electron chi connectivity index (χ4n) is 0.495. The molecule has 0 atom stereocenters. The molecule has 15 heavy (non-hydrogen) atoms. The standard InChI is InChI=1S/C7H12O.C6H10O/c1-4-5-6-8-7(2)3;1-4-5-7-6(2)3/h7H,6H2,1-3H3;1,6H,5H2,2-3H3. The van der Waals surface area contributed by atoms with Crippen LogP contribution < -0.4 is 0 Å². The van der Waals surface area contributed by atoms with E-state index in [2.05, 4.69) is 17.8 Å². The average Bonchev–Trinajstić information content (AvgIpc) is 2.15. The Morgan fingerprint density at radius 1 is 1.00 bits per heavy atom. The monoisotopic (exact) mass is 210 g/mol. The molecule has 0 aliphatic carbocycles. The third kappa shape index (κ3) is 24.6. The molecule has 0 heterocycles. The van der Waals surface area contributed by atoms with Crippen molar-refractivity contribution in [3.05, 3.63) is 0 Å². The Kier molecular flexibility index (Phi) is 14.3. The van der Waals surface area contributed by atoms with Gasteiger partial charge >= 0.3 is 0 Å². The first-order valence-corrected chi connectivity index (χ1v) is 5.10. The second kappa shape index (κ2) is 13.0. The minimum Gasteiger partial charge on any atom is -0.366 e. The molecule has 2 nitrogen and oxygen atoms in total. The molecule has 0 N–H and O–H groups in total. The van der Waals surface area contributed by atoms with Crippen molar-refractivity contribution in [2.24, 2.45) is 0 Å². The molecule has 86 valence electrons. The van der Waals surface area contributed by atoms with E-state index >= 15 is 0 Å². The van der Waals surface area contributed by atoms with E-state index in [0.717, 1.165) is 0 Å². The molecule has 0 saturated heterocycles. The maximum atomic E-state index is 5.11. The molecule has 0 aromatic carbocycles. The van der Waals surface area contributed by atoms with Crippen molar-refractivity contribution in [2.45, 2.75) is 46.8 Å². The molecule has 0 spiro atoms. The molecule has 0 rings (SSSR count). The van der Waals surface area contributed by atoms with Gasteiger partial charge in [-0.2, -0.15) is 0 Å². The van der Waals surface area contributed by atoms with Crippen molar-refractivity contribution in [2.75, 3.05) is 13.2 Å². The normalized spacial score (nSPS) is 8.67. The van der Waals surface area contributed by atoms with Gasteiger partial charge in [0, 0.05) is 0 Å². The van der Waals surface area contributed by atoms with Gasteiger partial charge in [-0.3, -0.25) is 0 Å². The van der Waals surface area contributed by atoms with E-state index in [4.69, 9.17) is 15.9 Å². The van der Waals surface area contributed by atoms with E-state index in [1.165, 1.54) is 0 Å². The Labute approximate surface area is 94.3 Å². The van der Waals surface area contributed by atoms with Crippen LogP contribution in [0.5, 0.6) is 0 Å². The van der Waals surface area contributed by atoms with Crippen LogP contribution in [-0.2, 0) is 9.47 Å². The first-order chi connectivity index (χ1) is 7.04. The molecule has 0 radical (unpaired) electrons. The van der Waals surface area contributed by atoms with Crippen LogP contribution in [0.15, 0.2) is 0 Å². The number of terminal acetylenes is 1. The van der Waals surface area contributed by atoms with Gasteiger partial charge in [0.25, 0.3) is 0 Å². The summed E-state index contributed by atoms with van der Waals surface area (Å²) in [5.41, 5.74) is 0. The largest absolute Gasteiger partial charge is 0.366 e. The summed E-state index contributed by atoms with van der Waals surface area (Å²) < 4.78 is 10.1. The smallest absolute Gasteiger partial charge is 0.108 e. The Morgan fingerprint density at radius 3 is 1.73 bits per heavy atom. The van der Waals surface area contributed by atoms with E-state index in [-0.39, 0.29) is 6.10 Å². The number of hydrogen-bond donors (Lipinski definition) is 0. The van der Waals surface area contributed by atoms with E-state index in [9.17, 15) is 0 Å². The van der Waals surface area contributed by atoms with E-state index < -0.39 is 0 Å². The fourth-order valence-corrected chi connectivity index (χ4v) is 0.495. The maximum Gasteiger partial charge on any atom is 0.108 e. The highest BCUT2D eigenvalue weighted by atomic mass is 16.5. The summed E-state index contributed by atoms with van der Waals surface area (Å²) in [6.45, 7) is 10.7. The van der Waals surface area contributed by atoms with Crippen molar-refractivity contribution >= 4 is 0 Å². The highest BCUT2D eigenvalue weighted by Crippen LogP contribution is 1.84. The predicted molar refractivity (Wildman–Crippen MR) is 64.5 cm³/mol. The van der Waals surface area contributed by atoms with Gasteiger partial charge in [0.05, 0.1) is 12.2 Å². The summed E-state index contributed by atoms with van der Waals surface area (Å²) in [5.74, 6) is 7.93. The van der Waals surface area contributed by atoms with Gasteiger partial charge in [-0.05, 0) is 34.6 Å². The Morgan fingerprint density at radius 2 is 1.47 bits per heavy atom. The van der Waals surface area contributed by atoms with Crippen LogP contribution in [0.2, 0.25) is 0 Å². The van der Waals surface area contributed by atoms with Crippen molar-refractivity contribution in [3.63, 3.8) is 0 Å². The van der Waals surface area contributed by atoms with Crippen LogP contribution in [0.25, 0.3) is 0 Å². The highest BCUT2D eigenvalue weighted by molar-refractivity contribution is 4.94. The highest BCUT2D eigenvalue weighted by Gasteiger charge is 1.86. The molecule has 0 saturated carbocycles. The zero-order valence-electron chi connectivity index (χ0n) is 10.5. The minimum atomic E-state index is 0.260. The van der Waals surface area contributed by atoms with Crippen molar-refractivity contribution in [1.29, 1.82) is 0 Å². The van der Waals surface area contributed by atoms with Gasteiger partial charge in [0.15, 0.2) is 0 Å². The second-order valence-electron chi connectivity index (χ2n) is 3.35. The number of hydrogen-bond acceptors (Lipinski definition) is 2. The lowest BCUT2D eigenvalue weighted by Crippen LogP contribution is -2.01. The SMILES string of the molecule is C#CCOC(C)C.CC#CCOC(C)C. The molecule has 0 fully saturated rings. The lowest BCUT2D eigenvalue weighted by Gasteiger charge is -2.00. The van der Waals surface area contributed by atoms with Crippen LogP contribution in [0.4, 0.5) is 0 Å². The first-order valence-electron chi connectivity index (χ1n) is 5.10. The second-order valence-corrected chi connectivity index (χ2v) is 3.35. The predicted octanol–water partition coefficient (Wildman–Crippen LogP) is 2.48. The topological polar surface area (TPSA) is 18.5 Å². The minimum absolute atomic E-state index is 0.260. The zero-order chi connectivity index (χ0) is 12.1. The summed E-state index contributed by atoms with van der Waals surface area (Å²) in [5, 5.41) is 0. The Bertz CT molecular complexity index is 213. The van der Waals surface area contributed by atoms with Crippen LogP contribution in [0.3, 0.4) is 0 Å². The van der Waals surface area contributed by atoms with Gasteiger partial charge in [0.2, 0.25) is 0 Å². The maximum absolute atomic E-state index is 5.11. The molecule has 0 unspecified atom stereocenters. The first kappa shape index (κ1) is 16.5. The molecule has 0 bridgehead atoms. The van der Waals surface area contributed by atoms with Crippen molar-refractivity contribution in [3.8, 4) is 24.2 Å². The molecule has 0 aromatic heterocycles. The fraction of sp³-hybridized carbons (Fsp3) is 0.692. The zero-order valence-corrected chi connectivity index (χ0v) is 10.5. The van der Waals surface area contributed by atoms with Gasteiger partial charge in [-0.25, -0.2) is 0 Å². The molecule has 0 amide bonds. The summed E-state index contributed by atoms with van der Waals surface area (Å²) in [6.07, 6.45) is 5.46. The molecular weight excluding hydrogens is 188 g/mol. The van der Waals surface area contributed by atoms with Gasteiger partial charge in [-0.1, -0.05) is 11.8 Å². The number of ether oxygens (including phenoxy) is 2. The average molecular weight is 210 g/mol. The molecular formula is C13H22O2. The summed E-state index contributed by atoms with van der Waals surface area (Å²) >= 11 is 0. The van der Waals surface area contributed by atoms with E-state index in [1.54, 1.807) is 0 Å². The Balaban J connectivity index is 0. The molecule has 2 heteroatoms. The van der Waals surface area contributed by atoms with Crippen molar-refractivity contribution in [1.82, 2.24) is 0 Å². The molecule has 0 aliphatic heterocycles. The third-order valence-corrected chi connectivity index (χ3v) is 1.17. The van der Waals surface area contributed by atoms with E-state index in [0.29, 0.717) is 19.3 Å². The van der Waals surface area contributed by atoms with Gasteiger partial charge < -0.3 is 9.47 Å². The number of rotatable bonds is 4. The van der Waals surface area contributed by atoms with Crippen molar-refractivity contribution < 1.29 is 9.47 Å². The third-order valence-electron chi connectivity index (χ3n) is 1.17. The van der Waals surface area contributed by atoms with Gasteiger partial charge in [0.1, 0.15) is 13.2 Å². The summed E-state index contributed by atoms with van der Waals surface area (Å²) in [4.78, 5) is 0. The quantitative estimate of drug-likeness (QED) is 0.664. The Hall–Kier alpha value is -0.960. The van der Waals surface area contributed by atoms with Crippen LogP contribution in [0.1, 0.15) is 34.6 Å². The van der Waals surface area contributed by atoms with Crippen LogP contribution in [0, 0.1) is 24.2 Å². The lowest BCUT2D eigenvalue weighted by molar-refractivity contribution is 0.106. The molecule has 0 aliphatic rings.